The van der Waals surface area contributed by atoms with Gasteiger partial charge in [0.1, 0.15) is 0 Å². The summed E-state index contributed by atoms with van der Waals surface area (Å²) in [5, 5.41) is 0.406. The molecule has 0 saturated heterocycles. The number of rotatable bonds is 2. The Kier molecular flexibility index (Phi) is 3.16. The van der Waals surface area contributed by atoms with E-state index in [9.17, 15) is 4.79 Å². The molecule has 3 heteroatoms. The van der Waals surface area contributed by atoms with Gasteiger partial charge in [-0.1, -0.05) is 35.4 Å². The summed E-state index contributed by atoms with van der Waals surface area (Å²) in [4.78, 5) is 12.2. The first kappa shape index (κ1) is 11.7. The van der Waals surface area contributed by atoms with Crippen LogP contribution in [0.1, 0.15) is 21.5 Å². The van der Waals surface area contributed by atoms with Gasteiger partial charge in [-0.25, -0.2) is 0 Å². The van der Waals surface area contributed by atoms with Crippen molar-refractivity contribution in [3.05, 3.63) is 64.2 Å². The van der Waals surface area contributed by atoms with E-state index in [0.29, 0.717) is 21.8 Å². The second-order valence-electron chi connectivity index (χ2n) is 3.93. The molecule has 2 nitrogen and oxygen atoms in total. The van der Waals surface area contributed by atoms with Gasteiger partial charge < -0.3 is 5.73 Å². The number of aryl methyl sites for hydroxylation is 1. The molecule has 0 aliphatic rings. The molecule has 2 aromatic rings. The van der Waals surface area contributed by atoms with Crippen LogP contribution in [0.25, 0.3) is 0 Å². The predicted molar refractivity (Wildman–Crippen MR) is 70.5 cm³/mol. The van der Waals surface area contributed by atoms with Crippen LogP contribution in [0.5, 0.6) is 0 Å². The van der Waals surface area contributed by atoms with Crippen LogP contribution in [0.4, 0.5) is 5.69 Å². The van der Waals surface area contributed by atoms with Gasteiger partial charge in [-0.05, 0) is 31.2 Å². The summed E-state index contributed by atoms with van der Waals surface area (Å²) in [5.74, 6) is -0.0457. The van der Waals surface area contributed by atoms with E-state index in [1.165, 1.54) is 0 Å². The molecule has 2 N–H and O–H groups in total. The zero-order valence-corrected chi connectivity index (χ0v) is 10.2. The molecular weight excluding hydrogens is 234 g/mol. The van der Waals surface area contributed by atoms with Crippen molar-refractivity contribution in [2.45, 2.75) is 6.92 Å². The lowest BCUT2D eigenvalue weighted by molar-refractivity contribution is 0.103. The molecule has 0 heterocycles. The molecule has 0 amide bonds. The highest BCUT2D eigenvalue weighted by Crippen LogP contribution is 2.21. The number of nitrogens with two attached hydrogens (primary N) is 1. The Hall–Kier alpha value is -1.80. The fourth-order valence-electron chi connectivity index (χ4n) is 1.62. The van der Waals surface area contributed by atoms with Crippen molar-refractivity contribution in [3.8, 4) is 0 Å². The van der Waals surface area contributed by atoms with Crippen molar-refractivity contribution in [1.82, 2.24) is 0 Å². The molecular formula is C14H12ClNO. The Morgan fingerprint density at radius 3 is 2.47 bits per heavy atom. The first-order valence-electron chi connectivity index (χ1n) is 5.24. The van der Waals surface area contributed by atoms with E-state index in [-0.39, 0.29) is 5.78 Å². The van der Waals surface area contributed by atoms with E-state index in [4.69, 9.17) is 17.3 Å². The van der Waals surface area contributed by atoms with Gasteiger partial charge in [0.2, 0.25) is 0 Å². The van der Waals surface area contributed by atoms with Crippen molar-refractivity contribution in [1.29, 1.82) is 0 Å². The smallest absolute Gasteiger partial charge is 0.193 e. The normalized spacial score (nSPS) is 10.2. The molecule has 2 rings (SSSR count). The Morgan fingerprint density at radius 1 is 1.12 bits per heavy atom. The van der Waals surface area contributed by atoms with E-state index in [2.05, 4.69) is 0 Å². The summed E-state index contributed by atoms with van der Waals surface area (Å²) in [7, 11) is 0. The van der Waals surface area contributed by atoms with E-state index in [1.54, 1.807) is 24.3 Å². The quantitative estimate of drug-likeness (QED) is 0.650. The molecule has 0 atom stereocenters. The molecule has 0 fully saturated rings. The molecule has 0 radical (unpaired) electrons. The van der Waals surface area contributed by atoms with Crippen LogP contribution in [-0.2, 0) is 0 Å². The highest BCUT2D eigenvalue weighted by atomic mass is 35.5. The largest absolute Gasteiger partial charge is 0.398 e. The van der Waals surface area contributed by atoms with Crippen LogP contribution in [0.3, 0.4) is 0 Å². The first-order chi connectivity index (χ1) is 8.08. The Labute approximate surface area is 105 Å². The monoisotopic (exact) mass is 245 g/mol. The van der Waals surface area contributed by atoms with E-state index < -0.39 is 0 Å². The summed E-state index contributed by atoms with van der Waals surface area (Å²) in [6.07, 6.45) is 0. The molecule has 0 saturated carbocycles. The number of carbonyl (C=O) groups is 1. The third kappa shape index (κ3) is 2.48. The van der Waals surface area contributed by atoms with Crippen molar-refractivity contribution in [2.75, 3.05) is 5.73 Å². The maximum Gasteiger partial charge on any atom is 0.193 e. The van der Waals surface area contributed by atoms with Gasteiger partial charge in [-0.2, -0.15) is 0 Å². The lowest BCUT2D eigenvalue weighted by Gasteiger charge is -2.04. The first-order valence-corrected chi connectivity index (χ1v) is 5.62. The van der Waals surface area contributed by atoms with Gasteiger partial charge in [0.05, 0.1) is 10.7 Å². The number of nitrogen functional groups attached to an aromatic ring is 1. The minimum atomic E-state index is -0.0457. The maximum absolute atomic E-state index is 12.2. The van der Waals surface area contributed by atoms with Crippen LogP contribution < -0.4 is 5.73 Å². The number of hydrogen-bond donors (Lipinski definition) is 1. The molecule has 2 aromatic carbocycles. The second-order valence-corrected chi connectivity index (χ2v) is 4.34. The van der Waals surface area contributed by atoms with Crippen molar-refractivity contribution in [3.63, 3.8) is 0 Å². The van der Waals surface area contributed by atoms with Crippen LogP contribution in [-0.4, -0.2) is 5.78 Å². The average molecular weight is 246 g/mol. The van der Waals surface area contributed by atoms with Gasteiger partial charge >= 0.3 is 0 Å². The fourth-order valence-corrected chi connectivity index (χ4v) is 1.80. The van der Waals surface area contributed by atoms with Gasteiger partial charge in [0.15, 0.2) is 5.78 Å². The van der Waals surface area contributed by atoms with Crippen LogP contribution >= 0.6 is 11.6 Å². The summed E-state index contributed by atoms with van der Waals surface area (Å²) in [5.41, 5.74) is 8.35. The van der Waals surface area contributed by atoms with Crippen molar-refractivity contribution in [2.24, 2.45) is 0 Å². The maximum atomic E-state index is 12.2. The van der Waals surface area contributed by atoms with E-state index >= 15 is 0 Å². The molecule has 0 spiro atoms. The SMILES string of the molecule is Cc1cccc(C(=O)c2ccc(N)c(Cl)c2)c1. The number of benzene rings is 2. The lowest BCUT2D eigenvalue weighted by atomic mass is 10.0. The molecule has 0 bridgehead atoms. The summed E-state index contributed by atoms with van der Waals surface area (Å²) >= 11 is 5.90. The molecule has 0 aromatic heterocycles. The van der Waals surface area contributed by atoms with Gasteiger partial charge in [0, 0.05) is 11.1 Å². The number of ketones is 1. The summed E-state index contributed by atoms with van der Waals surface area (Å²) < 4.78 is 0. The molecule has 86 valence electrons. The van der Waals surface area contributed by atoms with Gasteiger partial charge in [0.25, 0.3) is 0 Å². The zero-order valence-electron chi connectivity index (χ0n) is 9.41. The van der Waals surface area contributed by atoms with Gasteiger partial charge in [-0.3, -0.25) is 4.79 Å². The molecule has 0 aliphatic heterocycles. The zero-order chi connectivity index (χ0) is 12.4. The van der Waals surface area contributed by atoms with Crippen LogP contribution in [0, 0.1) is 6.92 Å². The molecule has 17 heavy (non-hydrogen) atoms. The summed E-state index contributed by atoms with van der Waals surface area (Å²) in [6, 6.07) is 12.4. The Morgan fingerprint density at radius 2 is 1.82 bits per heavy atom. The number of hydrogen-bond acceptors (Lipinski definition) is 2. The van der Waals surface area contributed by atoms with Crippen LogP contribution in [0.2, 0.25) is 5.02 Å². The number of anilines is 1. The third-order valence-electron chi connectivity index (χ3n) is 2.54. The van der Waals surface area contributed by atoms with Gasteiger partial charge in [-0.15, -0.1) is 0 Å². The van der Waals surface area contributed by atoms with E-state index in [0.717, 1.165) is 5.56 Å². The molecule has 0 unspecified atom stereocenters. The highest BCUT2D eigenvalue weighted by Gasteiger charge is 2.10. The number of carbonyl (C=O) groups excluding carboxylic acids is 1. The lowest BCUT2D eigenvalue weighted by Crippen LogP contribution is -2.02. The van der Waals surface area contributed by atoms with Crippen molar-refractivity contribution < 1.29 is 4.79 Å². The third-order valence-corrected chi connectivity index (χ3v) is 2.87. The highest BCUT2D eigenvalue weighted by molar-refractivity contribution is 6.33. The van der Waals surface area contributed by atoms with Crippen LogP contribution in [0.15, 0.2) is 42.5 Å². The summed E-state index contributed by atoms with van der Waals surface area (Å²) in [6.45, 7) is 1.95. The van der Waals surface area contributed by atoms with Crippen molar-refractivity contribution >= 4 is 23.1 Å². The second kappa shape index (κ2) is 4.60. The number of halogens is 1. The predicted octanol–water partition coefficient (Wildman–Crippen LogP) is 3.46. The fraction of sp³-hybridized carbons (Fsp3) is 0.0714. The average Bonchev–Trinajstić information content (AvgIpc) is 2.32. The van der Waals surface area contributed by atoms with E-state index in [1.807, 2.05) is 25.1 Å². The Bertz CT molecular complexity index is 578. The molecule has 0 aliphatic carbocycles. The minimum Gasteiger partial charge on any atom is -0.398 e. The minimum absolute atomic E-state index is 0.0457. The topological polar surface area (TPSA) is 43.1 Å². The standard InChI is InChI=1S/C14H12ClNO/c1-9-3-2-4-10(7-9)14(17)11-5-6-13(16)12(15)8-11/h2-8H,16H2,1H3. The Balaban J connectivity index is 2.40.